The minimum atomic E-state index is -0.159. The molecule has 1 aromatic carbocycles. The number of rotatable bonds is 3. The number of hydrogen-bond acceptors (Lipinski definition) is 1. The molecule has 2 N–H and O–H groups in total. The van der Waals surface area contributed by atoms with Crippen LogP contribution in [0.2, 0.25) is 0 Å². The van der Waals surface area contributed by atoms with Crippen molar-refractivity contribution >= 4 is 27.6 Å². The summed E-state index contributed by atoms with van der Waals surface area (Å²) in [4.78, 5) is 11.7. The van der Waals surface area contributed by atoms with E-state index in [1.54, 1.807) is 0 Å². The third kappa shape index (κ3) is 4.38. The summed E-state index contributed by atoms with van der Waals surface area (Å²) >= 11 is 3.43. The van der Waals surface area contributed by atoms with Gasteiger partial charge in [-0.1, -0.05) is 29.8 Å². The second-order valence-electron chi connectivity index (χ2n) is 4.60. The molecular formula is C13H19BrN2O. The summed E-state index contributed by atoms with van der Waals surface area (Å²) in [6, 6.07) is 5.73. The molecule has 2 amide bonds. The fourth-order valence-electron chi connectivity index (χ4n) is 1.26. The van der Waals surface area contributed by atoms with E-state index in [0.29, 0.717) is 5.92 Å². The lowest BCUT2D eigenvalue weighted by atomic mass is 10.1. The number of aryl methyl sites for hydroxylation is 1. The second kappa shape index (κ2) is 6.05. The number of anilines is 1. The zero-order valence-electron chi connectivity index (χ0n) is 10.7. The number of carbonyl (C=O) groups excluding carboxylic acids is 1. The van der Waals surface area contributed by atoms with E-state index in [1.807, 2.05) is 32.0 Å². The summed E-state index contributed by atoms with van der Waals surface area (Å²) in [5.74, 6) is 0.424. The maximum atomic E-state index is 11.7. The summed E-state index contributed by atoms with van der Waals surface area (Å²) in [7, 11) is 0. The Balaban J connectivity index is 2.59. The molecule has 0 bridgehead atoms. The average Bonchev–Trinajstić information content (AvgIpc) is 2.23. The van der Waals surface area contributed by atoms with Crippen molar-refractivity contribution in [2.45, 2.75) is 33.7 Å². The van der Waals surface area contributed by atoms with Crippen LogP contribution < -0.4 is 10.6 Å². The fraction of sp³-hybridized carbons (Fsp3) is 0.462. The Labute approximate surface area is 111 Å². The molecule has 1 rings (SSSR count). The Hall–Kier alpha value is -1.03. The van der Waals surface area contributed by atoms with Gasteiger partial charge in [0.2, 0.25) is 0 Å². The third-order valence-corrected chi connectivity index (χ3v) is 3.66. The van der Waals surface area contributed by atoms with Gasteiger partial charge in [-0.15, -0.1) is 0 Å². The van der Waals surface area contributed by atoms with Gasteiger partial charge in [-0.05, 0) is 43.5 Å². The van der Waals surface area contributed by atoms with Crippen molar-refractivity contribution in [2.24, 2.45) is 5.92 Å². The van der Waals surface area contributed by atoms with E-state index in [2.05, 4.69) is 40.4 Å². The largest absolute Gasteiger partial charge is 0.335 e. The predicted octanol–water partition coefficient (Wildman–Crippen LogP) is 3.92. The molecule has 0 aliphatic carbocycles. The van der Waals surface area contributed by atoms with Crippen molar-refractivity contribution in [1.82, 2.24) is 5.32 Å². The van der Waals surface area contributed by atoms with Crippen molar-refractivity contribution < 1.29 is 4.79 Å². The van der Waals surface area contributed by atoms with Gasteiger partial charge in [0.05, 0.1) is 0 Å². The number of nitrogens with one attached hydrogen (secondary N) is 2. The molecular weight excluding hydrogens is 280 g/mol. The number of carbonyl (C=O) groups is 1. The Bertz CT molecular complexity index is 404. The normalized spacial score (nSPS) is 12.4. The third-order valence-electron chi connectivity index (χ3n) is 2.77. The molecule has 1 aromatic rings. The van der Waals surface area contributed by atoms with Crippen LogP contribution in [0.25, 0.3) is 0 Å². The zero-order valence-corrected chi connectivity index (χ0v) is 12.3. The van der Waals surface area contributed by atoms with Crippen molar-refractivity contribution in [1.29, 1.82) is 0 Å². The monoisotopic (exact) mass is 298 g/mol. The van der Waals surface area contributed by atoms with Crippen LogP contribution in [0.1, 0.15) is 26.3 Å². The Morgan fingerprint density at radius 3 is 2.47 bits per heavy atom. The van der Waals surface area contributed by atoms with Crippen LogP contribution in [-0.2, 0) is 0 Å². The molecule has 0 radical (unpaired) electrons. The van der Waals surface area contributed by atoms with Gasteiger partial charge in [0.25, 0.3) is 0 Å². The fourth-order valence-corrected chi connectivity index (χ4v) is 1.51. The van der Waals surface area contributed by atoms with Gasteiger partial charge in [-0.25, -0.2) is 4.79 Å². The molecule has 0 saturated heterocycles. The van der Waals surface area contributed by atoms with E-state index in [-0.39, 0.29) is 12.1 Å². The minimum Gasteiger partial charge on any atom is -0.335 e. The summed E-state index contributed by atoms with van der Waals surface area (Å²) in [5.41, 5.74) is 1.90. The zero-order chi connectivity index (χ0) is 13.0. The van der Waals surface area contributed by atoms with Crippen LogP contribution in [0, 0.1) is 12.8 Å². The SMILES string of the molecule is Cc1cc(NC(=O)NC(C)C(C)C)ccc1Br. The maximum absolute atomic E-state index is 11.7. The van der Waals surface area contributed by atoms with Crippen molar-refractivity contribution in [3.05, 3.63) is 28.2 Å². The van der Waals surface area contributed by atoms with E-state index >= 15 is 0 Å². The van der Waals surface area contributed by atoms with Crippen molar-refractivity contribution in [3.63, 3.8) is 0 Å². The van der Waals surface area contributed by atoms with E-state index < -0.39 is 0 Å². The molecule has 17 heavy (non-hydrogen) atoms. The van der Waals surface area contributed by atoms with Crippen molar-refractivity contribution in [3.8, 4) is 0 Å². The molecule has 1 unspecified atom stereocenters. The van der Waals surface area contributed by atoms with Crippen LogP contribution in [0.3, 0.4) is 0 Å². The average molecular weight is 299 g/mol. The number of amides is 2. The second-order valence-corrected chi connectivity index (χ2v) is 5.45. The molecule has 0 saturated carbocycles. The van der Waals surface area contributed by atoms with Crippen LogP contribution in [0.5, 0.6) is 0 Å². The van der Waals surface area contributed by atoms with Gasteiger partial charge in [-0.3, -0.25) is 0 Å². The number of halogens is 1. The lowest BCUT2D eigenvalue weighted by molar-refractivity contribution is 0.246. The standard InChI is InChI=1S/C13H19BrN2O/c1-8(2)10(4)15-13(17)16-11-5-6-12(14)9(3)7-11/h5-8,10H,1-4H3,(H2,15,16,17). The molecule has 1 atom stereocenters. The van der Waals surface area contributed by atoms with Crippen LogP contribution >= 0.6 is 15.9 Å². The smallest absolute Gasteiger partial charge is 0.319 e. The molecule has 0 fully saturated rings. The minimum absolute atomic E-state index is 0.159. The van der Waals surface area contributed by atoms with Crippen LogP contribution in [-0.4, -0.2) is 12.1 Å². The number of hydrogen-bond donors (Lipinski definition) is 2. The Morgan fingerprint density at radius 1 is 1.29 bits per heavy atom. The molecule has 4 heteroatoms. The quantitative estimate of drug-likeness (QED) is 0.872. The highest BCUT2D eigenvalue weighted by atomic mass is 79.9. The van der Waals surface area contributed by atoms with Gasteiger partial charge in [0.1, 0.15) is 0 Å². The highest BCUT2D eigenvalue weighted by Gasteiger charge is 2.10. The molecule has 0 spiro atoms. The summed E-state index contributed by atoms with van der Waals surface area (Å²) in [5, 5.41) is 5.72. The van der Waals surface area contributed by atoms with Crippen LogP contribution in [0.15, 0.2) is 22.7 Å². The van der Waals surface area contributed by atoms with Gasteiger partial charge < -0.3 is 10.6 Å². The summed E-state index contributed by atoms with van der Waals surface area (Å²) in [6.07, 6.45) is 0. The predicted molar refractivity (Wildman–Crippen MR) is 75.3 cm³/mol. The van der Waals surface area contributed by atoms with Gasteiger partial charge >= 0.3 is 6.03 Å². The molecule has 3 nitrogen and oxygen atoms in total. The molecule has 0 aliphatic heterocycles. The highest BCUT2D eigenvalue weighted by Crippen LogP contribution is 2.19. The Morgan fingerprint density at radius 2 is 1.94 bits per heavy atom. The van der Waals surface area contributed by atoms with Crippen LogP contribution in [0.4, 0.5) is 10.5 Å². The molecule has 0 aromatic heterocycles. The molecule has 0 heterocycles. The van der Waals surface area contributed by atoms with E-state index in [1.165, 1.54) is 0 Å². The lowest BCUT2D eigenvalue weighted by Crippen LogP contribution is -2.38. The summed E-state index contributed by atoms with van der Waals surface area (Å²) < 4.78 is 1.04. The molecule has 0 aliphatic rings. The first-order chi connectivity index (χ1) is 7.90. The highest BCUT2D eigenvalue weighted by molar-refractivity contribution is 9.10. The number of benzene rings is 1. The summed E-state index contributed by atoms with van der Waals surface area (Å²) in [6.45, 7) is 8.14. The number of urea groups is 1. The van der Waals surface area contributed by atoms with E-state index in [9.17, 15) is 4.79 Å². The van der Waals surface area contributed by atoms with Gasteiger partial charge in [0, 0.05) is 16.2 Å². The first-order valence-electron chi connectivity index (χ1n) is 5.74. The van der Waals surface area contributed by atoms with E-state index in [0.717, 1.165) is 15.7 Å². The lowest BCUT2D eigenvalue weighted by Gasteiger charge is -2.18. The first kappa shape index (κ1) is 14.0. The van der Waals surface area contributed by atoms with Crippen molar-refractivity contribution in [2.75, 3.05) is 5.32 Å². The molecule has 94 valence electrons. The maximum Gasteiger partial charge on any atom is 0.319 e. The van der Waals surface area contributed by atoms with Gasteiger partial charge in [-0.2, -0.15) is 0 Å². The topological polar surface area (TPSA) is 41.1 Å². The Kier molecular flexibility index (Phi) is 5.00. The first-order valence-corrected chi connectivity index (χ1v) is 6.53. The van der Waals surface area contributed by atoms with Gasteiger partial charge in [0.15, 0.2) is 0 Å². The van der Waals surface area contributed by atoms with E-state index in [4.69, 9.17) is 0 Å².